The summed E-state index contributed by atoms with van der Waals surface area (Å²) in [5.41, 5.74) is 0.782. The second-order valence-electron chi connectivity index (χ2n) is 8.44. The number of nitrogens with zero attached hydrogens (tertiary/aromatic N) is 1. The molecule has 1 aliphatic heterocycles. The average Bonchev–Trinajstić information content (AvgIpc) is 3.13. The SMILES string of the molecule is CC(C)C(CNC1CCC2(CCCC2)CC1)N1CCCC1. The Morgan fingerprint density at radius 3 is 2.14 bits per heavy atom. The molecule has 0 amide bonds. The highest BCUT2D eigenvalue weighted by atomic mass is 15.2. The maximum atomic E-state index is 3.94. The molecule has 122 valence electrons. The first-order valence-electron chi connectivity index (χ1n) is 9.66. The van der Waals surface area contributed by atoms with Crippen molar-refractivity contribution in [2.45, 2.75) is 90.1 Å². The van der Waals surface area contributed by atoms with Crippen molar-refractivity contribution in [2.75, 3.05) is 19.6 Å². The maximum absolute atomic E-state index is 3.94. The molecule has 21 heavy (non-hydrogen) atoms. The van der Waals surface area contributed by atoms with Crippen LogP contribution in [0, 0.1) is 11.3 Å². The fourth-order valence-corrected chi connectivity index (χ4v) is 5.21. The Bertz CT molecular complexity index is 304. The van der Waals surface area contributed by atoms with Crippen LogP contribution in [0.2, 0.25) is 0 Å². The van der Waals surface area contributed by atoms with Gasteiger partial charge in [0.15, 0.2) is 0 Å². The molecular formula is C19H36N2. The molecule has 1 atom stereocenters. The second-order valence-corrected chi connectivity index (χ2v) is 8.44. The summed E-state index contributed by atoms with van der Waals surface area (Å²) in [5, 5.41) is 3.94. The fraction of sp³-hybridized carbons (Fsp3) is 1.00. The molecule has 2 aliphatic carbocycles. The van der Waals surface area contributed by atoms with Crippen molar-refractivity contribution in [1.29, 1.82) is 0 Å². The molecular weight excluding hydrogens is 256 g/mol. The Labute approximate surface area is 132 Å². The van der Waals surface area contributed by atoms with Gasteiger partial charge in [-0.1, -0.05) is 26.7 Å². The highest BCUT2D eigenvalue weighted by Crippen LogP contribution is 2.48. The summed E-state index contributed by atoms with van der Waals surface area (Å²) in [6.07, 6.45) is 14.8. The summed E-state index contributed by atoms with van der Waals surface area (Å²) in [6.45, 7) is 8.68. The summed E-state index contributed by atoms with van der Waals surface area (Å²) in [4.78, 5) is 2.74. The van der Waals surface area contributed by atoms with E-state index in [4.69, 9.17) is 0 Å². The van der Waals surface area contributed by atoms with E-state index in [1.165, 1.54) is 83.8 Å². The van der Waals surface area contributed by atoms with Crippen LogP contribution in [-0.4, -0.2) is 36.6 Å². The van der Waals surface area contributed by atoms with Gasteiger partial charge in [0.25, 0.3) is 0 Å². The minimum atomic E-state index is 0.759. The van der Waals surface area contributed by atoms with Crippen LogP contribution in [-0.2, 0) is 0 Å². The molecule has 0 aromatic heterocycles. The van der Waals surface area contributed by atoms with Crippen LogP contribution < -0.4 is 5.32 Å². The lowest BCUT2D eigenvalue weighted by Crippen LogP contribution is -2.48. The molecule has 3 rings (SSSR count). The Balaban J connectivity index is 1.44. The molecule has 2 nitrogen and oxygen atoms in total. The molecule has 2 heteroatoms. The summed E-state index contributed by atoms with van der Waals surface area (Å²) in [5.74, 6) is 0.778. The number of hydrogen-bond donors (Lipinski definition) is 1. The Morgan fingerprint density at radius 2 is 1.57 bits per heavy atom. The Morgan fingerprint density at radius 1 is 0.952 bits per heavy atom. The Kier molecular flexibility index (Phi) is 5.27. The first kappa shape index (κ1) is 15.8. The van der Waals surface area contributed by atoms with Crippen LogP contribution in [0.25, 0.3) is 0 Å². The third-order valence-corrected chi connectivity index (χ3v) is 6.71. The Hall–Kier alpha value is -0.0800. The highest BCUT2D eigenvalue weighted by Gasteiger charge is 2.37. The van der Waals surface area contributed by atoms with E-state index in [9.17, 15) is 0 Å². The normalized spacial score (nSPS) is 28.7. The monoisotopic (exact) mass is 292 g/mol. The minimum absolute atomic E-state index is 0.759. The van der Waals surface area contributed by atoms with Crippen molar-refractivity contribution < 1.29 is 0 Å². The quantitative estimate of drug-likeness (QED) is 0.817. The number of hydrogen-bond acceptors (Lipinski definition) is 2. The van der Waals surface area contributed by atoms with Gasteiger partial charge in [0.1, 0.15) is 0 Å². The summed E-state index contributed by atoms with van der Waals surface area (Å²) in [6, 6.07) is 1.56. The first-order valence-corrected chi connectivity index (χ1v) is 9.66. The van der Waals surface area contributed by atoms with E-state index in [-0.39, 0.29) is 0 Å². The molecule has 0 aromatic carbocycles. The molecule has 0 aromatic rings. The second kappa shape index (κ2) is 7.00. The topological polar surface area (TPSA) is 15.3 Å². The van der Waals surface area contributed by atoms with Crippen molar-refractivity contribution in [3.63, 3.8) is 0 Å². The molecule has 0 bridgehead atoms. The largest absolute Gasteiger partial charge is 0.312 e. The predicted octanol–water partition coefficient (Wildman–Crippen LogP) is 4.20. The van der Waals surface area contributed by atoms with E-state index in [2.05, 4.69) is 24.1 Å². The van der Waals surface area contributed by atoms with Crippen molar-refractivity contribution in [2.24, 2.45) is 11.3 Å². The molecule has 2 saturated carbocycles. The highest BCUT2D eigenvalue weighted by molar-refractivity contribution is 4.92. The molecule has 3 fully saturated rings. The lowest BCUT2D eigenvalue weighted by Gasteiger charge is -2.39. The summed E-state index contributed by atoms with van der Waals surface area (Å²) < 4.78 is 0. The van der Waals surface area contributed by atoms with Gasteiger partial charge in [0.05, 0.1) is 0 Å². The van der Waals surface area contributed by atoms with E-state index in [0.29, 0.717) is 0 Å². The lowest BCUT2D eigenvalue weighted by molar-refractivity contribution is 0.147. The fourth-order valence-electron chi connectivity index (χ4n) is 5.21. The molecule has 1 saturated heterocycles. The number of nitrogens with one attached hydrogen (secondary N) is 1. The van der Waals surface area contributed by atoms with Crippen LogP contribution in [0.1, 0.15) is 78.1 Å². The molecule has 1 unspecified atom stereocenters. The van der Waals surface area contributed by atoms with E-state index in [1.54, 1.807) is 0 Å². The van der Waals surface area contributed by atoms with Crippen LogP contribution in [0.15, 0.2) is 0 Å². The van der Waals surface area contributed by atoms with Gasteiger partial charge in [-0.15, -0.1) is 0 Å². The molecule has 1 spiro atoms. The molecule has 1 N–H and O–H groups in total. The lowest BCUT2D eigenvalue weighted by atomic mass is 9.71. The van der Waals surface area contributed by atoms with Crippen LogP contribution >= 0.6 is 0 Å². The minimum Gasteiger partial charge on any atom is -0.312 e. The van der Waals surface area contributed by atoms with Crippen molar-refractivity contribution in [3.05, 3.63) is 0 Å². The molecule has 1 heterocycles. The zero-order valence-electron chi connectivity index (χ0n) is 14.4. The standard InChI is InChI=1S/C19H36N2/c1-16(2)18(21-13-5-6-14-21)15-20-17-7-11-19(12-8-17)9-3-4-10-19/h16-18,20H,3-15H2,1-2H3. The molecule has 0 radical (unpaired) electrons. The summed E-state index contributed by atoms with van der Waals surface area (Å²) >= 11 is 0. The maximum Gasteiger partial charge on any atom is 0.0243 e. The van der Waals surface area contributed by atoms with Crippen LogP contribution in [0.4, 0.5) is 0 Å². The van der Waals surface area contributed by atoms with Crippen LogP contribution in [0.3, 0.4) is 0 Å². The van der Waals surface area contributed by atoms with Crippen molar-refractivity contribution in [1.82, 2.24) is 10.2 Å². The molecule has 3 aliphatic rings. The van der Waals surface area contributed by atoms with Crippen molar-refractivity contribution >= 4 is 0 Å². The third-order valence-electron chi connectivity index (χ3n) is 6.71. The van der Waals surface area contributed by atoms with E-state index in [1.807, 2.05) is 0 Å². The average molecular weight is 293 g/mol. The zero-order valence-corrected chi connectivity index (χ0v) is 14.4. The third kappa shape index (κ3) is 3.82. The van der Waals surface area contributed by atoms with E-state index < -0.39 is 0 Å². The van der Waals surface area contributed by atoms with Gasteiger partial charge in [-0.25, -0.2) is 0 Å². The van der Waals surface area contributed by atoms with Gasteiger partial charge in [-0.3, -0.25) is 4.90 Å². The van der Waals surface area contributed by atoms with Gasteiger partial charge in [0, 0.05) is 18.6 Å². The number of rotatable bonds is 5. The van der Waals surface area contributed by atoms with Gasteiger partial charge < -0.3 is 5.32 Å². The van der Waals surface area contributed by atoms with Gasteiger partial charge in [-0.2, -0.15) is 0 Å². The predicted molar refractivity (Wildman–Crippen MR) is 90.6 cm³/mol. The van der Waals surface area contributed by atoms with Gasteiger partial charge in [-0.05, 0) is 75.8 Å². The van der Waals surface area contributed by atoms with Crippen LogP contribution in [0.5, 0.6) is 0 Å². The zero-order chi connectivity index (χ0) is 14.7. The smallest absolute Gasteiger partial charge is 0.0243 e. The van der Waals surface area contributed by atoms with Gasteiger partial charge >= 0.3 is 0 Å². The first-order chi connectivity index (χ1) is 10.2. The number of likely N-dealkylation sites (tertiary alicyclic amines) is 1. The van der Waals surface area contributed by atoms with E-state index >= 15 is 0 Å². The summed E-state index contributed by atoms with van der Waals surface area (Å²) in [7, 11) is 0. The van der Waals surface area contributed by atoms with Crippen molar-refractivity contribution in [3.8, 4) is 0 Å². The van der Waals surface area contributed by atoms with E-state index in [0.717, 1.165) is 23.4 Å². The van der Waals surface area contributed by atoms with Gasteiger partial charge in [0.2, 0.25) is 0 Å².